The summed E-state index contributed by atoms with van der Waals surface area (Å²) in [6.07, 6.45) is 5.50. The van der Waals surface area contributed by atoms with Crippen molar-refractivity contribution in [2.24, 2.45) is 0 Å². The Morgan fingerprint density at radius 1 is 1.13 bits per heavy atom. The molecule has 1 N–H and O–H groups in total. The van der Waals surface area contributed by atoms with Crippen LogP contribution in [0.2, 0.25) is 5.02 Å². The molecule has 0 aliphatic heterocycles. The van der Waals surface area contributed by atoms with Gasteiger partial charge in [-0.3, -0.25) is 9.59 Å². The van der Waals surface area contributed by atoms with Crippen molar-refractivity contribution in [3.8, 4) is 5.75 Å². The molecule has 0 radical (unpaired) electrons. The van der Waals surface area contributed by atoms with Crippen molar-refractivity contribution in [3.63, 3.8) is 0 Å². The predicted octanol–water partition coefficient (Wildman–Crippen LogP) is 4.89. The van der Waals surface area contributed by atoms with Gasteiger partial charge in [0.2, 0.25) is 5.91 Å². The highest BCUT2D eigenvalue weighted by Gasteiger charge is 2.28. The van der Waals surface area contributed by atoms with Gasteiger partial charge in [-0.05, 0) is 56.0 Å². The number of aryl methyl sites for hydroxylation is 1. The van der Waals surface area contributed by atoms with Crippen LogP contribution >= 0.6 is 11.6 Å². The van der Waals surface area contributed by atoms with Crippen molar-refractivity contribution >= 4 is 23.4 Å². The van der Waals surface area contributed by atoms with E-state index in [2.05, 4.69) is 5.32 Å². The summed E-state index contributed by atoms with van der Waals surface area (Å²) in [7, 11) is 0. The Balaban J connectivity index is 1.72. The highest BCUT2D eigenvalue weighted by Crippen LogP contribution is 2.20. The number of nitrogens with one attached hydrogen (secondary N) is 1. The Hall–Kier alpha value is -2.53. The maximum absolute atomic E-state index is 13.1. The first-order valence-electron chi connectivity index (χ1n) is 11.0. The Bertz CT molecular complexity index is 896. The molecular formula is C25H31ClN2O3. The largest absolute Gasteiger partial charge is 0.484 e. The fraction of sp³-hybridized carbons (Fsp3) is 0.440. The van der Waals surface area contributed by atoms with Gasteiger partial charge in [-0.1, -0.05) is 61.2 Å². The first kappa shape index (κ1) is 23.1. The molecule has 1 aliphatic carbocycles. The smallest absolute Gasteiger partial charge is 0.261 e. The number of nitrogens with zero attached hydrogens (tertiary/aromatic N) is 1. The van der Waals surface area contributed by atoms with Gasteiger partial charge < -0.3 is 15.0 Å². The topological polar surface area (TPSA) is 58.6 Å². The second kappa shape index (κ2) is 11.2. The number of hydrogen-bond donors (Lipinski definition) is 1. The summed E-state index contributed by atoms with van der Waals surface area (Å²) in [6.45, 7) is 3.98. The quantitative estimate of drug-likeness (QED) is 0.633. The third-order valence-corrected chi connectivity index (χ3v) is 6.11. The molecule has 1 aliphatic rings. The van der Waals surface area contributed by atoms with Gasteiger partial charge in [0.25, 0.3) is 5.91 Å². The zero-order chi connectivity index (χ0) is 22.2. The van der Waals surface area contributed by atoms with E-state index in [1.165, 1.54) is 6.42 Å². The molecule has 0 aromatic heterocycles. The maximum atomic E-state index is 13.1. The Labute approximate surface area is 189 Å². The first-order chi connectivity index (χ1) is 14.9. The van der Waals surface area contributed by atoms with Gasteiger partial charge in [0, 0.05) is 17.6 Å². The monoisotopic (exact) mass is 442 g/mol. The molecule has 0 unspecified atom stereocenters. The molecule has 3 rings (SSSR count). The summed E-state index contributed by atoms with van der Waals surface area (Å²) in [5.41, 5.74) is 2.09. The second-order valence-corrected chi connectivity index (χ2v) is 8.65. The number of hydrogen-bond acceptors (Lipinski definition) is 3. The van der Waals surface area contributed by atoms with Crippen molar-refractivity contribution in [2.75, 3.05) is 6.61 Å². The van der Waals surface area contributed by atoms with Gasteiger partial charge in [-0.2, -0.15) is 0 Å². The molecule has 5 nitrogen and oxygen atoms in total. The molecule has 2 aromatic rings. The van der Waals surface area contributed by atoms with Crippen LogP contribution < -0.4 is 10.1 Å². The van der Waals surface area contributed by atoms with E-state index in [1.54, 1.807) is 36.1 Å². The van der Waals surface area contributed by atoms with Crippen LogP contribution in [0.3, 0.4) is 0 Å². The molecule has 166 valence electrons. The molecule has 0 spiro atoms. The van der Waals surface area contributed by atoms with Crippen molar-refractivity contribution in [3.05, 3.63) is 64.7 Å². The Morgan fingerprint density at radius 3 is 2.58 bits per heavy atom. The van der Waals surface area contributed by atoms with Crippen LogP contribution in [0.25, 0.3) is 0 Å². The average Bonchev–Trinajstić information content (AvgIpc) is 2.77. The van der Waals surface area contributed by atoms with E-state index in [0.29, 0.717) is 17.3 Å². The van der Waals surface area contributed by atoms with Crippen LogP contribution in [0.4, 0.5) is 0 Å². The molecule has 6 heteroatoms. The Morgan fingerprint density at radius 2 is 1.87 bits per heavy atom. The number of rotatable bonds is 8. The third-order valence-electron chi connectivity index (χ3n) is 5.88. The van der Waals surface area contributed by atoms with Crippen LogP contribution in [0.15, 0.2) is 48.5 Å². The number of amides is 2. The minimum absolute atomic E-state index is 0.114. The molecule has 2 amide bonds. The van der Waals surface area contributed by atoms with Crippen LogP contribution in [0.5, 0.6) is 5.75 Å². The van der Waals surface area contributed by atoms with E-state index in [-0.39, 0.29) is 24.5 Å². The van der Waals surface area contributed by atoms with Crippen molar-refractivity contribution in [2.45, 2.75) is 64.6 Å². The molecular weight excluding hydrogens is 412 g/mol. The molecule has 0 heterocycles. The predicted molar refractivity (Wildman–Crippen MR) is 123 cm³/mol. The lowest BCUT2D eigenvalue weighted by Crippen LogP contribution is -2.51. The molecule has 31 heavy (non-hydrogen) atoms. The fourth-order valence-corrected chi connectivity index (χ4v) is 4.09. The highest BCUT2D eigenvalue weighted by atomic mass is 35.5. The summed E-state index contributed by atoms with van der Waals surface area (Å²) in [5, 5.41) is 3.69. The van der Waals surface area contributed by atoms with Crippen molar-refractivity contribution < 1.29 is 14.3 Å². The maximum Gasteiger partial charge on any atom is 0.261 e. The minimum atomic E-state index is -0.600. The zero-order valence-corrected chi connectivity index (χ0v) is 19.0. The van der Waals surface area contributed by atoms with Gasteiger partial charge in [-0.15, -0.1) is 0 Å². The van der Waals surface area contributed by atoms with Crippen molar-refractivity contribution in [1.29, 1.82) is 0 Å². The number of carbonyl (C=O) groups excluding carboxylic acids is 2. The van der Waals surface area contributed by atoms with Gasteiger partial charge in [0.05, 0.1) is 0 Å². The van der Waals surface area contributed by atoms with Gasteiger partial charge in [0.1, 0.15) is 11.8 Å². The van der Waals surface area contributed by atoms with Gasteiger partial charge >= 0.3 is 0 Å². The van der Waals surface area contributed by atoms with E-state index in [1.807, 2.05) is 31.2 Å². The lowest BCUT2D eigenvalue weighted by atomic mass is 9.95. The molecule has 0 saturated heterocycles. The number of benzene rings is 2. The molecule has 1 fully saturated rings. The SMILES string of the molecule is Cc1ccccc1CN(C(=O)COc1cccc(Cl)c1)[C@@H](C)C(=O)NC1CCCCC1. The number of carbonyl (C=O) groups is 2. The summed E-state index contributed by atoms with van der Waals surface area (Å²) in [5.74, 6) is 0.169. The average molecular weight is 443 g/mol. The van der Waals surface area contributed by atoms with Crippen LogP contribution in [-0.2, 0) is 16.1 Å². The summed E-state index contributed by atoms with van der Waals surface area (Å²) < 4.78 is 5.67. The summed E-state index contributed by atoms with van der Waals surface area (Å²) in [4.78, 5) is 27.7. The molecule has 1 saturated carbocycles. The lowest BCUT2D eigenvalue weighted by Gasteiger charge is -2.31. The minimum Gasteiger partial charge on any atom is -0.484 e. The summed E-state index contributed by atoms with van der Waals surface area (Å²) in [6, 6.07) is 14.4. The van der Waals surface area contributed by atoms with E-state index >= 15 is 0 Å². The van der Waals surface area contributed by atoms with E-state index in [4.69, 9.17) is 16.3 Å². The van der Waals surface area contributed by atoms with Gasteiger partial charge in [0.15, 0.2) is 6.61 Å². The Kier molecular flexibility index (Phi) is 8.35. The standard InChI is InChI=1S/C25H31ClN2O3/c1-18-9-6-7-10-20(18)16-28(19(2)25(30)27-22-12-4-3-5-13-22)24(29)17-31-23-14-8-11-21(26)15-23/h6-11,14-15,19,22H,3-5,12-13,16-17H2,1-2H3,(H,27,30)/t19-/m0/s1. The first-order valence-corrected chi connectivity index (χ1v) is 11.3. The van der Waals surface area contributed by atoms with E-state index in [9.17, 15) is 9.59 Å². The number of halogens is 1. The molecule has 0 bridgehead atoms. The third kappa shape index (κ3) is 6.73. The fourth-order valence-electron chi connectivity index (χ4n) is 3.91. The normalized spacial score (nSPS) is 15.2. The second-order valence-electron chi connectivity index (χ2n) is 8.21. The van der Waals surface area contributed by atoms with Crippen LogP contribution in [0.1, 0.15) is 50.2 Å². The zero-order valence-electron chi connectivity index (χ0n) is 18.3. The molecule has 1 atom stereocenters. The lowest BCUT2D eigenvalue weighted by molar-refractivity contribution is -0.142. The van der Waals surface area contributed by atoms with Crippen LogP contribution in [0, 0.1) is 6.92 Å². The highest BCUT2D eigenvalue weighted by molar-refractivity contribution is 6.30. The van der Waals surface area contributed by atoms with E-state index < -0.39 is 6.04 Å². The number of ether oxygens (including phenoxy) is 1. The van der Waals surface area contributed by atoms with Gasteiger partial charge in [-0.25, -0.2) is 0 Å². The summed E-state index contributed by atoms with van der Waals surface area (Å²) >= 11 is 6.00. The van der Waals surface area contributed by atoms with Crippen molar-refractivity contribution in [1.82, 2.24) is 10.2 Å². The van der Waals surface area contributed by atoms with E-state index in [0.717, 1.165) is 36.8 Å². The van der Waals surface area contributed by atoms with Crippen LogP contribution in [-0.4, -0.2) is 35.4 Å². The molecule has 2 aromatic carbocycles.